The standard InChI is InChI=1S/C8H20N2O/c1-8(9-5-7-11)4-6-10(2)3/h8-9,11H,4-7H2,1-3H3. The van der Waals surface area contributed by atoms with Gasteiger partial charge in [0.15, 0.2) is 0 Å². The Labute approximate surface area is 69.4 Å². The topological polar surface area (TPSA) is 35.5 Å². The average Bonchev–Trinajstić information content (AvgIpc) is 1.97. The summed E-state index contributed by atoms with van der Waals surface area (Å²) < 4.78 is 0. The van der Waals surface area contributed by atoms with Crippen LogP contribution in [0.4, 0.5) is 0 Å². The van der Waals surface area contributed by atoms with E-state index in [4.69, 9.17) is 5.11 Å². The monoisotopic (exact) mass is 160 g/mol. The van der Waals surface area contributed by atoms with Gasteiger partial charge >= 0.3 is 0 Å². The second kappa shape index (κ2) is 6.58. The molecule has 68 valence electrons. The summed E-state index contributed by atoms with van der Waals surface area (Å²) in [5.41, 5.74) is 0. The van der Waals surface area contributed by atoms with Crippen molar-refractivity contribution in [3.8, 4) is 0 Å². The zero-order chi connectivity index (χ0) is 8.69. The minimum atomic E-state index is 0.228. The summed E-state index contributed by atoms with van der Waals surface area (Å²) in [6.45, 7) is 4.17. The van der Waals surface area contributed by atoms with Crippen molar-refractivity contribution in [1.82, 2.24) is 10.2 Å². The molecule has 0 radical (unpaired) electrons. The number of rotatable bonds is 6. The summed E-state index contributed by atoms with van der Waals surface area (Å²) in [5.74, 6) is 0. The van der Waals surface area contributed by atoms with Crippen LogP contribution in [0.5, 0.6) is 0 Å². The maximum absolute atomic E-state index is 8.52. The molecule has 0 fully saturated rings. The number of aliphatic hydroxyl groups excluding tert-OH is 1. The second-order valence-corrected chi connectivity index (χ2v) is 3.17. The Kier molecular flexibility index (Phi) is 6.51. The van der Waals surface area contributed by atoms with Crippen molar-refractivity contribution in [3.63, 3.8) is 0 Å². The maximum Gasteiger partial charge on any atom is 0.0556 e. The van der Waals surface area contributed by atoms with Gasteiger partial charge in [0.25, 0.3) is 0 Å². The van der Waals surface area contributed by atoms with Gasteiger partial charge < -0.3 is 15.3 Å². The summed E-state index contributed by atoms with van der Waals surface area (Å²) in [5, 5.41) is 11.7. The lowest BCUT2D eigenvalue weighted by atomic mass is 10.2. The van der Waals surface area contributed by atoms with Gasteiger partial charge in [-0.1, -0.05) is 0 Å². The van der Waals surface area contributed by atoms with Gasteiger partial charge in [-0.2, -0.15) is 0 Å². The van der Waals surface area contributed by atoms with E-state index in [2.05, 4.69) is 31.2 Å². The van der Waals surface area contributed by atoms with Crippen LogP contribution in [0, 0.1) is 0 Å². The molecular formula is C8H20N2O. The summed E-state index contributed by atoms with van der Waals surface area (Å²) in [4.78, 5) is 2.16. The molecule has 0 bridgehead atoms. The van der Waals surface area contributed by atoms with Gasteiger partial charge in [0.1, 0.15) is 0 Å². The van der Waals surface area contributed by atoms with Crippen LogP contribution in [0.1, 0.15) is 13.3 Å². The number of aliphatic hydroxyl groups is 1. The van der Waals surface area contributed by atoms with E-state index in [1.165, 1.54) is 0 Å². The molecule has 2 N–H and O–H groups in total. The number of nitrogens with zero attached hydrogens (tertiary/aromatic N) is 1. The first kappa shape index (κ1) is 10.9. The fourth-order valence-corrected chi connectivity index (χ4v) is 0.865. The van der Waals surface area contributed by atoms with Gasteiger partial charge in [0, 0.05) is 12.6 Å². The van der Waals surface area contributed by atoms with E-state index in [1.54, 1.807) is 0 Å². The molecule has 1 unspecified atom stereocenters. The molecule has 0 aromatic heterocycles. The first-order chi connectivity index (χ1) is 5.16. The van der Waals surface area contributed by atoms with E-state index in [9.17, 15) is 0 Å². The lowest BCUT2D eigenvalue weighted by molar-refractivity contribution is 0.279. The molecule has 0 aliphatic carbocycles. The van der Waals surface area contributed by atoms with E-state index >= 15 is 0 Å². The van der Waals surface area contributed by atoms with Crippen molar-refractivity contribution in [3.05, 3.63) is 0 Å². The highest BCUT2D eigenvalue weighted by Gasteiger charge is 1.99. The molecule has 11 heavy (non-hydrogen) atoms. The van der Waals surface area contributed by atoms with Crippen molar-refractivity contribution < 1.29 is 5.11 Å². The Morgan fingerprint density at radius 2 is 2.09 bits per heavy atom. The minimum Gasteiger partial charge on any atom is -0.395 e. The van der Waals surface area contributed by atoms with Gasteiger partial charge in [-0.05, 0) is 34.0 Å². The Morgan fingerprint density at radius 3 is 2.55 bits per heavy atom. The van der Waals surface area contributed by atoms with E-state index in [-0.39, 0.29) is 6.61 Å². The fraction of sp³-hybridized carbons (Fsp3) is 1.00. The second-order valence-electron chi connectivity index (χ2n) is 3.17. The van der Waals surface area contributed by atoms with Crippen LogP contribution >= 0.6 is 0 Å². The smallest absolute Gasteiger partial charge is 0.0556 e. The van der Waals surface area contributed by atoms with Crippen LogP contribution in [0.2, 0.25) is 0 Å². The lowest BCUT2D eigenvalue weighted by Gasteiger charge is -2.15. The molecule has 0 saturated carbocycles. The average molecular weight is 160 g/mol. The normalized spacial score (nSPS) is 13.9. The van der Waals surface area contributed by atoms with Gasteiger partial charge in [-0.15, -0.1) is 0 Å². The van der Waals surface area contributed by atoms with Crippen LogP contribution in [0.3, 0.4) is 0 Å². The Morgan fingerprint density at radius 1 is 1.45 bits per heavy atom. The number of hydrogen-bond donors (Lipinski definition) is 2. The molecule has 0 aromatic carbocycles. The van der Waals surface area contributed by atoms with Gasteiger partial charge in [-0.25, -0.2) is 0 Å². The summed E-state index contributed by atoms with van der Waals surface area (Å²) >= 11 is 0. The third-order valence-corrected chi connectivity index (χ3v) is 1.61. The highest BCUT2D eigenvalue weighted by atomic mass is 16.3. The third kappa shape index (κ3) is 7.78. The van der Waals surface area contributed by atoms with E-state index in [0.29, 0.717) is 12.6 Å². The third-order valence-electron chi connectivity index (χ3n) is 1.61. The van der Waals surface area contributed by atoms with Crippen LogP contribution in [0.15, 0.2) is 0 Å². The highest BCUT2D eigenvalue weighted by Crippen LogP contribution is 1.90. The molecular weight excluding hydrogens is 140 g/mol. The number of hydrogen-bond acceptors (Lipinski definition) is 3. The van der Waals surface area contributed by atoms with Crippen molar-refractivity contribution in [2.75, 3.05) is 33.8 Å². The van der Waals surface area contributed by atoms with Crippen LogP contribution in [-0.4, -0.2) is 49.8 Å². The molecule has 0 amide bonds. The Bertz CT molecular complexity index is 86.2. The maximum atomic E-state index is 8.52. The predicted octanol–water partition coefficient (Wildman–Crippen LogP) is -0.0915. The first-order valence-electron chi connectivity index (χ1n) is 4.15. The zero-order valence-corrected chi connectivity index (χ0v) is 7.80. The highest BCUT2D eigenvalue weighted by molar-refractivity contribution is 4.61. The molecule has 0 saturated heterocycles. The molecule has 0 spiro atoms. The van der Waals surface area contributed by atoms with E-state index in [1.807, 2.05) is 0 Å². The van der Waals surface area contributed by atoms with Gasteiger partial charge in [0.2, 0.25) is 0 Å². The van der Waals surface area contributed by atoms with Crippen LogP contribution < -0.4 is 5.32 Å². The first-order valence-corrected chi connectivity index (χ1v) is 4.15. The van der Waals surface area contributed by atoms with Crippen molar-refractivity contribution in [1.29, 1.82) is 0 Å². The Balaban J connectivity index is 3.15. The molecule has 0 aliphatic heterocycles. The quantitative estimate of drug-likeness (QED) is 0.570. The predicted molar refractivity (Wildman–Crippen MR) is 47.7 cm³/mol. The zero-order valence-electron chi connectivity index (χ0n) is 7.80. The van der Waals surface area contributed by atoms with Crippen molar-refractivity contribution >= 4 is 0 Å². The molecule has 0 rings (SSSR count). The molecule has 0 aromatic rings. The SMILES string of the molecule is CC(CCN(C)C)NCCO. The van der Waals surface area contributed by atoms with Crippen molar-refractivity contribution in [2.45, 2.75) is 19.4 Å². The van der Waals surface area contributed by atoms with Gasteiger partial charge in [0.05, 0.1) is 6.61 Å². The summed E-state index contributed by atoms with van der Waals surface area (Å²) in [7, 11) is 4.14. The van der Waals surface area contributed by atoms with E-state index < -0.39 is 0 Å². The Hall–Kier alpha value is -0.120. The van der Waals surface area contributed by atoms with Gasteiger partial charge in [-0.3, -0.25) is 0 Å². The molecule has 1 atom stereocenters. The number of nitrogens with one attached hydrogen (secondary N) is 1. The van der Waals surface area contributed by atoms with E-state index in [0.717, 1.165) is 13.0 Å². The molecule has 0 aliphatic rings. The molecule has 3 heteroatoms. The largest absolute Gasteiger partial charge is 0.395 e. The fourth-order valence-electron chi connectivity index (χ4n) is 0.865. The lowest BCUT2D eigenvalue weighted by Crippen LogP contribution is -2.31. The van der Waals surface area contributed by atoms with Crippen LogP contribution in [-0.2, 0) is 0 Å². The van der Waals surface area contributed by atoms with Crippen LogP contribution in [0.25, 0.3) is 0 Å². The summed E-state index contributed by atoms with van der Waals surface area (Å²) in [6, 6.07) is 0.504. The van der Waals surface area contributed by atoms with Crippen molar-refractivity contribution in [2.24, 2.45) is 0 Å². The molecule has 3 nitrogen and oxygen atoms in total. The minimum absolute atomic E-state index is 0.228. The summed E-state index contributed by atoms with van der Waals surface area (Å²) in [6.07, 6.45) is 1.13. The molecule has 0 heterocycles.